The molecule has 9 heteroatoms. The summed E-state index contributed by atoms with van der Waals surface area (Å²) in [5, 5.41) is 0. The molecule has 1 aliphatic heterocycles. The predicted octanol–water partition coefficient (Wildman–Crippen LogP) is 1.85. The number of benzene rings is 2. The Kier molecular flexibility index (Phi) is 6.02. The van der Waals surface area contributed by atoms with Crippen LogP contribution in [0.25, 0.3) is 0 Å². The van der Waals surface area contributed by atoms with Gasteiger partial charge in [-0.2, -0.15) is 0 Å². The van der Waals surface area contributed by atoms with E-state index < -0.39 is 21.8 Å². The molecular weight excluding hydrogens is 406 g/mol. The molecule has 0 saturated carbocycles. The zero-order valence-electron chi connectivity index (χ0n) is 17.4. The van der Waals surface area contributed by atoms with Crippen LogP contribution in [0.5, 0.6) is 5.75 Å². The predicted molar refractivity (Wildman–Crippen MR) is 114 cm³/mol. The number of anilines is 1. The van der Waals surface area contributed by atoms with Gasteiger partial charge in [0.2, 0.25) is 10.0 Å². The van der Waals surface area contributed by atoms with E-state index in [1.807, 2.05) is 39.0 Å². The Morgan fingerprint density at radius 2 is 1.80 bits per heavy atom. The van der Waals surface area contributed by atoms with Crippen molar-refractivity contribution in [3.63, 3.8) is 0 Å². The molecule has 2 aromatic carbocycles. The number of hydrazine groups is 1. The van der Waals surface area contributed by atoms with E-state index in [1.165, 1.54) is 10.4 Å². The summed E-state index contributed by atoms with van der Waals surface area (Å²) in [4.78, 5) is 24.4. The lowest BCUT2D eigenvalue weighted by atomic mass is 10.1. The van der Waals surface area contributed by atoms with Crippen molar-refractivity contribution in [1.82, 2.24) is 10.9 Å². The Morgan fingerprint density at radius 3 is 2.43 bits per heavy atom. The van der Waals surface area contributed by atoms with Gasteiger partial charge in [-0.1, -0.05) is 18.2 Å². The highest BCUT2D eigenvalue weighted by Gasteiger charge is 2.32. The first-order valence-electron chi connectivity index (χ1n) is 9.48. The van der Waals surface area contributed by atoms with Crippen LogP contribution >= 0.6 is 0 Å². The third kappa shape index (κ3) is 4.56. The first-order chi connectivity index (χ1) is 14.1. The lowest BCUT2D eigenvalue weighted by molar-refractivity contribution is -0.123. The topological polar surface area (TPSA) is 105 Å². The molecule has 0 spiro atoms. The highest BCUT2D eigenvalue weighted by molar-refractivity contribution is 7.92. The van der Waals surface area contributed by atoms with Gasteiger partial charge < -0.3 is 4.74 Å². The molecule has 2 N–H and O–H groups in total. The largest absolute Gasteiger partial charge is 0.483 e. The number of carbonyl (C=O) groups is 2. The number of sulfonamides is 1. The maximum Gasteiger partial charge on any atom is 0.276 e. The number of aryl methyl sites for hydroxylation is 2. The Hall–Kier alpha value is -3.07. The van der Waals surface area contributed by atoms with Crippen LogP contribution in [-0.4, -0.2) is 39.1 Å². The summed E-state index contributed by atoms with van der Waals surface area (Å²) in [6, 6.07) is 10.3. The van der Waals surface area contributed by atoms with E-state index >= 15 is 0 Å². The second-order valence-corrected chi connectivity index (χ2v) is 9.33. The SMILES string of the molecule is Cc1cccc(C)c1OCC(=O)NNC(=O)c1ccc2c(c1)C[C@H](C)N2S(C)(=O)=O. The second-order valence-electron chi connectivity index (χ2n) is 7.47. The van der Waals surface area contributed by atoms with Crippen molar-refractivity contribution in [2.24, 2.45) is 0 Å². The highest BCUT2D eigenvalue weighted by atomic mass is 32.2. The molecule has 0 bridgehead atoms. The molecule has 2 aromatic rings. The zero-order chi connectivity index (χ0) is 22.1. The summed E-state index contributed by atoms with van der Waals surface area (Å²) in [5.74, 6) is -0.352. The quantitative estimate of drug-likeness (QED) is 0.703. The number of hydrogen-bond donors (Lipinski definition) is 2. The summed E-state index contributed by atoms with van der Waals surface area (Å²) in [6.07, 6.45) is 1.68. The van der Waals surface area contributed by atoms with E-state index in [2.05, 4.69) is 10.9 Å². The van der Waals surface area contributed by atoms with Gasteiger partial charge in [-0.05, 0) is 62.1 Å². The van der Waals surface area contributed by atoms with Crippen LogP contribution in [0.4, 0.5) is 5.69 Å². The van der Waals surface area contributed by atoms with Crippen molar-refractivity contribution in [2.75, 3.05) is 17.2 Å². The van der Waals surface area contributed by atoms with E-state index in [1.54, 1.807) is 12.1 Å². The van der Waals surface area contributed by atoms with Gasteiger partial charge >= 0.3 is 0 Å². The molecule has 0 aliphatic carbocycles. The van der Waals surface area contributed by atoms with E-state index in [0.717, 1.165) is 22.9 Å². The minimum atomic E-state index is -3.39. The molecule has 1 aliphatic rings. The minimum Gasteiger partial charge on any atom is -0.483 e. The molecule has 0 fully saturated rings. The van der Waals surface area contributed by atoms with Gasteiger partial charge in [0.05, 0.1) is 11.9 Å². The monoisotopic (exact) mass is 431 g/mol. The average Bonchev–Trinajstić information content (AvgIpc) is 3.00. The molecule has 1 heterocycles. The second kappa shape index (κ2) is 8.35. The summed E-state index contributed by atoms with van der Waals surface area (Å²) in [6.45, 7) is 5.36. The number of fused-ring (bicyclic) bond motifs is 1. The van der Waals surface area contributed by atoms with Gasteiger partial charge in [0.25, 0.3) is 11.8 Å². The smallest absolute Gasteiger partial charge is 0.276 e. The Bertz CT molecular complexity index is 1080. The third-order valence-electron chi connectivity index (χ3n) is 4.92. The number of carbonyl (C=O) groups excluding carboxylic acids is 2. The maximum atomic E-state index is 12.4. The molecule has 1 atom stereocenters. The minimum absolute atomic E-state index is 0.213. The van der Waals surface area contributed by atoms with E-state index in [9.17, 15) is 18.0 Å². The summed E-state index contributed by atoms with van der Waals surface area (Å²) >= 11 is 0. The third-order valence-corrected chi connectivity index (χ3v) is 6.20. The number of amides is 2. The zero-order valence-corrected chi connectivity index (χ0v) is 18.2. The average molecular weight is 432 g/mol. The standard InChI is InChI=1S/C21H25N3O5S/c1-13-6-5-7-14(2)20(13)29-12-19(25)22-23-21(26)16-8-9-18-17(11-16)10-15(3)24(18)30(4,27)28/h5-9,11,15H,10,12H2,1-4H3,(H,22,25)(H,23,26)/t15-/m0/s1. The maximum absolute atomic E-state index is 12.4. The first-order valence-corrected chi connectivity index (χ1v) is 11.3. The summed E-state index contributed by atoms with van der Waals surface area (Å²) < 4.78 is 30.9. The van der Waals surface area contributed by atoms with Gasteiger partial charge in [0.1, 0.15) is 5.75 Å². The van der Waals surface area contributed by atoms with Crippen LogP contribution in [0, 0.1) is 13.8 Å². The van der Waals surface area contributed by atoms with Crippen LogP contribution in [0.3, 0.4) is 0 Å². The van der Waals surface area contributed by atoms with E-state index in [0.29, 0.717) is 23.4 Å². The number of rotatable bonds is 5. The molecule has 30 heavy (non-hydrogen) atoms. The van der Waals surface area contributed by atoms with Crippen molar-refractivity contribution in [3.8, 4) is 5.75 Å². The fourth-order valence-corrected chi connectivity index (χ4v) is 4.91. The van der Waals surface area contributed by atoms with Crippen LogP contribution in [-0.2, 0) is 21.2 Å². The lowest BCUT2D eigenvalue weighted by Crippen LogP contribution is -2.43. The Labute approximate surface area is 176 Å². The van der Waals surface area contributed by atoms with Crippen molar-refractivity contribution >= 4 is 27.5 Å². The van der Waals surface area contributed by atoms with E-state index in [-0.39, 0.29) is 12.6 Å². The molecule has 160 valence electrons. The molecule has 0 radical (unpaired) electrons. The first kappa shape index (κ1) is 21.6. The number of ether oxygens (including phenoxy) is 1. The number of nitrogens with one attached hydrogen (secondary N) is 2. The Balaban J connectivity index is 1.59. The van der Waals surface area contributed by atoms with Crippen molar-refractivity contribution in [3.05, 3.63) is 58.7 Å². The van der Waals surface area contributed by atoms with Crippen LogP contribution < -0.4 is 19.9 Å². The fourth-order valence-electron chi connectivity index (χ4n) is 3.65. The molecule has 3 rings (SSSR count). The molecule has 0 saturated heterocycles. The van der Waals surface area contributed by atoms with Crippen LogP contribution in [0.2, 0.25) is 0 Å². The molecule has 0 unspecified atom stereocenters. The van der Waals surface area contributed by atoms with Crippen LogP contribution in [0.15, 0.2) is 36.4 Å². The fraction of sp³-hybridized carbons (Fsp3) is 0.333. The van der Waals surface area contributed by atoms with Gasteiger partial charge in [0.15, 0.2) is 6.61 Å². The summed E-state index contributed by atoms with van der Waals surface area (Å²) in [5.41, 5.74) is 8.20. The molecule has 2 amide bonds. The van der Waals surface area contributed by atoms with Gasteiger partial charge in [0, 0.05) is 11.6 Å². The van der Waals surface area contributed by atoms with Gasteiger partial charge in [-0.25, -0.2) is 8.42 Å². The normalized spacial score (nSPS) is 15.5. The summed E-state index contributed by atoms with van der Waals surface area (Å²) in [7, 11) is -3.39. The highest BCUT2D eigenvalue weighted by Crippen LogP contribution is 2.34. The van der Waals surface area contributed by atoms with Crippen molar-refractivity contribution in [1.29, 1.82) is 0 Å². The van der Waals surface area contributed by atoms with Crippen LogP contribution in [0.1, 0.15) is 34.0 Å². The van der Waals surface area contributed by atoms with Crippen molar-refractivity contribution < 1.29 is 22.7 Å². The molecule has 0 aromatic heterocycles. The Morgan fingerprint density at radius 1 is 1.13 bits per heavy atom. The number of nitrogens with zero attached hydrogens (tertiary/aromatic N) is 1. The number of para-hydroxylation sites is 1. The lowest BCUT2D eigenvalue weighted by Gasteiger charge is -2.21. The molecule has 8 nitrogen and oxygen atoms in total. The van der Waals surface area contributed by atoms with Crippen molar-refractivity contribution in [2.45, 2.75) is 33.2 Å². The van der Waals surface area contributed by atoms with Gasteiger partial charge in [-0.3, -0.25) is 24.7 Å². The van der Waals surface area contributed by atoms with Gasteiger partial charge in [-0.15, -0.1) is 0 Å². The number of hydrogen-bond acceptors (Lipinski definition) is 5. The molecular formula is C21H25N3O5S. The van der Waals surface area contributed by atoms with E-state index in [4.69, 9.17) is 4.74 Å².